The lowest BCUT2D eigenvalue weighted by atomic mass is 10.1. The standard InChI is InChI=1S/C13H19FN2O/c1-11-3-5-12(6-4-11)13(17)16-10-9-15-8-2-7-14/h3-6,15H,2,7-10H2,1H3,(H,16,17). The van der Waals surface area contributed by atoms with Crippen molar-refractivity contribution in [3.8, 4) is 0 Å². The summed E-state index contributed by atoms with van der Waals surface area (Å²) in [4.78, 5) is 11.6. The van der Waals surface area contributed by atoms with E-state index in [1.54, 1.807) is 12.1 Å². The van der Waals surface area contributed by atoms with E-state index >= 15 is 0 Å². The topological polar surface area (TPSA) is 41.1 Å². The Morgan fingerprint density at radius 2 is 1.88 bits per heavy atom. The maximum Gasteiger partial charge on any atom is 0.251 e. The van der Waals surface area contributed by atoms with E-state index in [9.17, 15) is 9.18 Å². The lowest BCUT2D eigenvalue weighted by Gasteiger charge is -2.06. The molecule has 2 N–H and O–H groups in total. The van der Waals surface area contributed by atoms with E-state index in [0.29, 0.717) is 31.6 Å². The molecular formula is C13H19FN2O. The lowest BCUT2D eigenvalue weighted by molar-refractivity contribution is 0.0954. The van der Waals surface area contributed by atoms with Crippen LogP contribution in [0.5, 0.6) is 0 Å². The molecule has 0 unspecified atom stereocenters. The summed E-state index contributed by atoms with van der Waals surface area (Å²) in [7, 11) is 0. The Morgan fingerprint density at radius 1 is 1.18 bits per heavy atom. The Balaban J connectivity index is 2.19. The highest BCUT2D eigenvalue weighted by molar-refractivity contribution is 5.94. The predicted molar refractivity (Wildman–Crippen MR) is 67.0 cm³/mol. The van der Waals surface area contributed by atoms with Gasteiger partial charge in [0.2, 0.25) is 0 Å². The van der Waals surface area contributed by atoms with Crippen LogP contribution in [0.4, 0.5) is 4.39 Å². The highest BCUT2D eigenvalue weighted by Crippen LogP contribution is 2.02. The monoisotopic (exact) mass is 238 g/mol. The molecule has 0 saturated heterocycles. The van der Waals surface area contributed by atoms with Gasteiger partial charge in [-0.25, -0.2) is 0 Å². The van der Waals surface area contributed by atoms with Crippen molar-refractivity contribution < 1.29 is 9.18 Å². The number of hydrogen-bond donors (Lipinski definition) is 2. The molecule has 1 rings (SSSR count). The zero-order valence-electron chi connectivity index (χ0n) is 10.1. The van der Waals surface area contributed by atoms with Gasteiger partial charge in [0.15, 0.2) is 0 Å². The first-order valence-electron chi connectivity index (χ1n) is 5.85. The van der Waals surface area contributed by atoms with Gasteiger partial charge in [0.1, 0.15) is 0 Å². The van der Waals surface area contributed by atoms with Crippen molar-refractivity contribution in [3.05, 3.63) is 35.4 Å². The Morgan fingerprint density at radius 3 is 2.53 bits per heavy atom. The van der Waals surface area contributed by atoms with Gasteiger partial charge in [-0.1, -0.05) is 17.7 Å². The number of aryl methyl sites for hydroxylation is 1. The average Bonchev–Trinajstić information content (AvgIpc) is 2.34. The molecule has 0 spiro atoms. The summed E-state index contributed by atoms with van der Waals surface area (Å²) in [6, 6.07) is 7.44. The van der Waals surface area contributed by atoms with Crippen molar-refractivity contribution >= 4 is 5.91 Å². The second kappa shape index (κ2) is 7.79. The predicted octanol–water partition coefficient (Wildman–Crippen LogP) is 1.67. The molecule has 0 aliphatic carbocycles. The van der Waals surface area contributed by atoms with Crippen LogP contribution in [-0.2, 0) is 0 Å². The molecule has 0 fully saturated rings. The number of nitrogens with one attached hydrogen (secondary N) is 2. The van der Waals surface area contributed by atoms with Gasteiger partial charge in [0, 0.05) is 18.7 Å². The molecule has 1 amide bonds. The van der Waals surface area contributed by atoms with Crippen molar-refractivity contribution in [2.75, 3.05) is 26.3 Å². The maximum absolute atomic E-state index is 11.8. The van der Waals surface area contributed by atoms with Crippen LogP contribution < -0.4 is 10.6 Å². The second-order valence-electron chi connectivity index (χ2n) is 3.91. The number of benzene rings is 1. The van der Waals surface area contributed by atoms with E-state index < -0.39 is 0 Å². The first-order valence-corrected chi connectivity index (χ1v) is 5.85. The van der Waals surface area contributed by atoms with Gasteiger partial charge in [-0.3, -0.25) is 9.18 Å². The molecule has 0 aliphatic rings. The minimum atomic E-state index is -0.303. The smallest absolute Gasteiger partial charge is 0.251 e. The molecule has 3 nitrogen and oxygen atoms in total. The molecule has 0 heterocycles. The van der Waals surface area contributed by atoms with Gasteiger partial charge in [-0.15, -0.1) is 0 Å². The Bertz CT molecular complexity index is 338. The number of rotatable bonds is 7. The molecule has 1 aromatic rings. The summed E-state index contributed by atoms with van der Waals surface area (Å²) in [6.45, 7) is 3.55. The van der Waals surface area contributed by atoms with Gasteiger partial charge in [-0.2, -0.15) is 0 Å². The molecule has 0 aliphatic heterocycles. The summed E-state index contributed by atoms with van der Waals surface area (Å²) in [5.74, 6) is -0.0720. The molecule has 0 radical (unpaired) electrons. The van der Waals surface area contributed by atoms with Crippen LogP contribution in [0.3, 0.4) is 0 Å². The van der Waals surface area contributed by atoms with Gasteiger partial charge >= 0.3 is 0 Å². The van der Waals surface area contributed by atoms with Crippen LogP contribution in [0, 0.1) is 6.92 Å². The Hall–Kier alpha value is -1.42. The Kier molecular flexibility index (Phi) is 6.25. The number of hydrogen-bond acceptors (Lipinski definition) is 2. The fourth-order valence-electron chi connectivity index (χ4n) is 1.39. The van der Waals surface area contributed by atoms with E-state index in [1.807, 2.05) is 19.1 Å². The molecule has 1 aromatic carbocycles. The summed E-state index contributed by atoms with van der Waals surface area (Å²) in [5, 5.41) is 5.85. The third-order valence-electron chi connectivity index (χ3n) is 2.39. The lowest BCUT2D eigenvalue weighted by Crippen LogP contribution is -2.32. The molecule has 0 aromatic heterocycles. The van der Waals surface area contributed by atoms with Crippen LogP contribution in [-0.4, -0.2) is 32.2 Å². The first-order chi connectivity index (χ1) is 8.24. The number of amides is 1. The Labute approximate surface area is 101 Å². The first kappa shape index (κ1) is 13.6. The average molecular weight is 238 g/mol. The van der Waals surface area contributed by atoms with Crippen molar-refractivity contribution in [1.29, 1.82) is 0 Å². The molecule has 0 atom stereocenters. The summed E-state index contributed by atoms with van der Waals surface area (Å²) in [6.07, 6.45) is 0.520. The van der Waals surface area contributed by atoms with Gasteiger partial charge in [0.05, 0.1) is 6.67 Å². The summed E-state index contributed by atoms with van der Waals surface area (Å²) in [5.41, 5.74) is 1.80. The minimum Gasteiger partial charge on any atom is -0.351 e. The quantitative estimate of drug-likeness (QED) is 0.709. The van der Waals surface area contributed by atoms with E-state index in [-0.39, 0.29) is 12.6 Å². The maximum atomic E-state index is 11.8. The normalized spacial score (nSPS) is 10.2. The van der Waals surface area contributed by atoms with E-state index in [4.69, 9.17) is 0 Å². The van der Waals surface area contributed by atoms with Crippen LogP contribution in [0.25, 0.3) is 0 Å². The number of carbonyl (C=O) groups is 1. The fraction of sp³-hybridized carbons (Fsp3) is 0.462. The summed E-state index contributed by atoms with van der Waals surface area (Å²) < 4.78 is 11.8. The minimum absolute atomic E-state index is 0.0720. The number of alkyl halides is 1. The van der Waals surface area contributed by atoms with E-state index in [2.05, 4.69) is 10.6 Å². The fourth-order valence-corrected chi connectivity index (χ4v) is 1.39. The zero-order valence-corrected chi connectivity index (χ0v) is 10.1. The molecule has 0 saturated carbocycles. The third-order valence-corrected chi connectivity index (χ3v) is 2.39. The molecular weight excluding hydrogens is 219 g/mol. The van der Waals surface area contributed by atoms with Crippen LogP contribution in [0.1, 0.15) is 22.3 Å². The SMILES string of the molecule is Cc1ccc(C(=O)NCCNCCCF)cc1. The second-order valence-corrected chi connectivity index (χ2v) is 3.91. The van der Waals surface area contributed by atoms with Gasteiger partial charge < -0.3 is 10.6 Å². The molecule has 94 valence electrons. The van der Waals surface area contributed by atoms with Crippen LogP contribution >= 0.6 is 0 Å². The molecule has 17 heavy (non-hydrogen) atoms. The van der Waals surface area contributed by atoms with Crippen LogP contribution in [0.2, 0.25) is 0 Å². The van der Waals surface area contributed by atoms with Crippen molar-refractivity contribution in [2.24, 2.45) is 0 Å². The van der Waals surface area contributed by atoms with Crippen molar-refractivity contribution in [2.45, 2.75) is 13.3 Å². The summed E-state index contributed by atoms with van der Waals surface area (Å²) >= 11 is 0. The van der Waals surface area contributed by atoms with Gasteiger partial charge in [-0.05, 0) is 32.0 Å². The highest BCUT2D eigenvalue weighted by atomic mass is 19.1. The third kappa shape index (κ3) is 5.45. The van der Waals surface area contributed by atoms with Gasteiger partial charge in [0.25, 0.3) is 5.91 Å². The molecule has 0 bridgehead atoms. The van der Waals surface area contributed by atoms with Crippen LogP contribution in [0.15, 0.2) is 24.3 Å². The van der Waals surface area contributed by atoms with Crippen molar-refractivity contribution in [3.63, 3.8) is 0 Å². The van der Waals surface area contributed by atoms with Crippen molar-refractivity contribution in [1.82, 2.24) is 10.6 Å². The largest absolute Gasteiger partial charge is 0.351 e. The number of carbonyl (C=O) groups excluding carboxylic acids is 1. The zero-order chi connectivity index (χ0) is 12.5. The number of halogens is 1. The van der Waals surface area contributed by atoms with E-state index in [0.717, 1.165) is 5.56 Å². The molecule has 4 heteroatoms. The highest BCUT2D eigenvalue weighted by Gasteiger charge is 2.02. The van der Waals surface area contributed by atoms with E-state index in [1.165, 1.54) is 0 Å².